The van der Waals surface area contributed by atoms with Crippen molar-refractivity contribution in [3.8, 4) is 11.1 Å². The number of carbonyl (C=O) groups is 1. The Morgan fingerprint density at radius 3 is 2.24 bits per heavy atom. The zero-order chi connectivity index (χ0) is 24.3. The maximum atomic E-state index is 14.8. The first kappa shape index (κ1) is 26.6. The van der Waals surface area contributed by atoms with Crippen LogP contribution in [0.1, 0.15) is 114 Å². The fourth-order valence-corrected chi connectivity index (χ4v) is 5.44. The maximum Gasteiger partial charge on any atom is 0.163 e. The van der Waals surface area contributed by atoms with Crippen molar-refractivity contribution in [1.29, 1.82) is 0 Å². The highest BCUT2D eigenvalue weighted by atomic mass is 19.1. The lowest BCUT2D eigenvalue weighted by atomic mass is 9.77. The van der Waals surface area contributed by atoms with E-state index >= 15 is 0 Å². The van der Waals surface area contributed by atoms with Crippen LogP contribution in [-0.2, 0) is 6.42 Å². The van der Waals surface area contributed by atoms with E-state index in [1.54, 1.807) is 6.07 Å². The van der Waals surface area contributed by atoms with Crippen molar-refractivity contribution in [3.63, 3.8) is 0 Å². The van der Waals surface area contributed by atoms with Crippen LogP contribution in [-0.4, -0.2) is 5.78 Å². The van der Waals surface area contributed by atoms with E-state index in [1.807, 2.05) is 36.4 Å². The summed E-state index contributed by atoms with van der Waals surface area (Å²) in [5.41, 5.74) is 3.26. The number of hydrogen-bond donors (Lipinski definition) is 0. The molecular formula is C32H45FO. The minimum atomic E-state index is -0.179. The molecule has 1 unspecified atom stereocenters. The largest absolute Gasteiger partial charge is 0.294 e. The Bertz CT molecular complexity index is 876. The Hall–Kier alpha value is -1.96. The monoisotopic (exact) mass is 464 g/mol. The summed E-state index contributed by atoms with van der Waals surface area (Å²) in [6, 6.07) is 13.1. The summed E-state index contributed by atoms with van der Waals surface area (Å²) in [6.07, 6.45) is 15.8. The van der Waals surface area contributed by atoms with Crippen LogP contribution in [0, 0.1) is 23.6 Å². The van der Waals surface area contributed by atoms with Crippen LogP contribution in [0.25, 0.3) is 11.1 Å². The molecule has 0 spiro atoms. The molecule has 2 heteroatoms. The van der Waals surface area contributed by atoms with Gasteiger partial charge in [0.25, 0.3) is 0 Å². The van der Waals surface area contributed by atoms with Gasteiger partial charge in [-0.1, -0.05) is 115 Å². The van der Waals surface area contributed by atoms with E-state index in [0.717, 1.165) is 35.4 Å². The molecular weight excluding hydrogens is 419 g/mol. The van der Waals surface area contributed by atoms with Gasteiger partial charge in [-0.2, -0.15) is 0 Å². The normalized spacial score (nSPS) is 19.2. The standard InChI is InChI=1S/C32H45FO/c1-4-6-7-8-9-10-25-11-13-26(14-12-25)23-32(34)29-18-16-28(17-19-29)30-20-15-27(22-31(30)33)21-24(3)5-2/h15-20,22,24-26H,4-14,21,23H2,1-3H3/t24?,25-,26-. The van der Waals surface area contributed by atoms with Crippen LogP contribution in [0.2, 0.25) is 0 Å². The molecule has 2 aromatic rings. The van der Waals surface area contributed by atoms with Gasteiger partial charge in [-0.05, 0) is 54.2 Å². The van der Waals surface area contributed by atoms with Gasteiger partial charge in [0.05, 0.1) is 0 Å². The molecule has 1 fully saturated rings. The Balaban J connectivity index is 1.47. The third-order valence-electron chi connectivity index (χ3n) is 7.99. The lowest BCUT2D eigenvalue weighted by Gasteiger charge is -2.28. The lowest BCUT2D eigenvalue weighted by Crippen LogP contribution is -2.17. The molecule has 0 N–H and O–H groups in total. The second kappa shape index (κ2) is 13.8. The van der Waals surface area contributed by atoms with Gasteiger partial charge in [0.1, 0.15) is 5.82 Å². The molecule has 2 aromatic carbocycles. The summed E-state index contributed by atoms with van der Waals surface area (Å²) >= 11 is 0. The van der Waals surface area contributed by atoms with Gasteiger partial charge in [-0.3, -0.25) is 4.79 Å². The highest BCUT2D eigenvalue weighted by Gasteiger charge is 2.23. The van der Waals surface area contributed by atoms with Crippen molar-refractivity contribution in [2.24, 2.45) is 17.8 Å². The first-order chi connectivity index (χ1) is 16.5. The van der Waals surface area contributed by atoms with Crippen LogP contribution in [0.15, 0.2) is 42.5 Å². The smallest absolute Gasteiger partial charge is 0.163 e. The van der Waals surface area contributed by atoms with E-state index in [2.05, 4.69) is 20.8 Å². The minimum absolute atomic E-state index is 0.179. The summed E-state index contributed by atoms with van der Waals surface area (Å²) in [7, 11) is 0. The van der Waals surface area contributed by atoms with Gasteiger partial charge >= 0.3 is 0 Å². The van der Waals surface area contributed by atoms with E-state index in [4.69, 9.17) is 0 Å². The molecule has 1 atom stereocenters. The first-order valence-electron chi connectivity index (χ1n) is 13.9. The van der Waals surface area contributed by atoms with E-state index in [-0.39, 0.29) is 11.6 Å². The van der Waals surface area contributed by atoms with Crippen molar-refractivity contribution in [2.75, 3.05) is 0 Å². The van der Waals surface area contributed by atoms with Gasteiger partial charge in [0.2, 0.25) is 0 Å². The summed E-state index contributed by atoms with van der Waals surface area (Å²) in [5.74, 6) is 2.01. The van der Waals surface area contributed by atoms with E-state index < -0.39 is 0 Å². The van der Waals surface area contributed by atoms with Gasteiger partial charge in [0.15, 0.2) is 5.78 Å². The SMILES string of the molecule is CCCCCCC[C@H]1CC[C@H](CC(=O)c2ccc(-c3ccc(CC(C)CC)cc3F)cc2)CC1. The van der Waals surface area contributed by atoms with E-state index in [0.29, 0.717) is 23.8 Å². The first-order valence-corrected chi connectivity index (χ1v) is 13.9. The van der Waals surface area contributed by atoms with Crippen molar-refractivity contribution < 1.29 is 9.18 Å². The molecule has 0 heterocycles. The van der Waals surface area contributed by atoms with Crippen molar-refractivity contribution in [1.82, 2.24) is 0 Å². The second-order valence-electron chi connectivity index (χ2n) is 10.8. The predicted molar refractivity (Wildman–Crippen MR) is 143 cm³/mol. The van der Waals surface area contributed by atoms with Crippen LogP contribution in [0.3, 0.4) is 0 Å². The minimum Gasteiger partial charge on any atom is -0.294 e. The zero-order valence-corrected chi connectivity index (χ0v) is 21.8. The Labute approximate surface area is 207 Å². The summed E-state index contributed by atoms with van der Waals surface area (Å²) in [5, 5.41) is 0. The number of ketones is 1. The van der Waals surface area contributed by atoms with Crippen LogP contribution in [0.4, 0.5) is 4.39 Å². The Kier molecular flexibility index (Phi) is 10.8. The average Bonchev–Trinajstić information content (AvgIpc) is 2.85. The van der Waals surface area contributed by atoms with Crippen molar-refractivity contribution in [3.05, 3.63) is 59.4 Å². The quantitative estimate of drug-likeness (QED) is 0.213. The number of Topliss-reactive ketones (excluding diaryl/α,β-unsaturated/α-hetero) is 1. The Morgan fingerprint density at radius 1 is 0.912 bits per heavy atom. The van der Waals surface area contributed by atoms with Crippen LogP contribution >= 0.6 is 0 Å². The molecule has 0 amide bonds. The van der Waals surface area contributed by atoms with E-state index in [1.165, 1.54) is 64.2 Å². The molecule has 3 rings (SSSR count). The molecule has 0 aromatic heterocycles. The second-order valence-corrected chi connectivity index (χ2v) is 10.8. The molecule has 0 aliphatic heterocycles. The van der Waals surface area contributed by atoms with Crippen LogP contribution < -0.4 is 0 Å². The fourth-order valence-electron chi connectivity index (χ4n) is 5.44. The Morgan fingerprint density at radius 2 is 1.59 bits per heavy atom. The van der Waals surface area contributed by atoms with Gasteiger partial charge in [-0.15, -0.1) is 0 Å². The predicted octanol–water partition coefficient (Wildman–Crippen LogP) is 9.82. The summed E-state index contributed by atoms with van der Waals surface area (Å²) in [4.78, 5) is 12.9. The molecule has 0 bridgehead atoms. The zero-order valence-electron chi connectivity index (χ0n) is 21.8. The number of rotatable bonds is 13. The number of halogens is 1. The number of unbranched alkanes of at least 4 members (excludes halogenated alkanes) is 4. The molecule has 1 aliphatic carbocycles. The number of carbonyl (C=O) groups excluding carboxylic acids is 1. The topological polar surface area (TPSA) is 17.1 Å². The highest BCUT2D eigenvalue weighted by Crippen LogP contribution is 2.34. The summed E-state index contributed by atoms with van der Waals surface area (Å²) in [6.45, 7) is 6.63. The molecule has 1 nitrogen and oxygen atoms in total. The third kappa shape index (κ3) is 8.07. The molecule has 1 aliphatic rings. The average molecular weight is 465 g/mol. The lowest BCUT2D eigenvalue weighted by molar-refractivity contribution is 0.0941. The molecule has 1 saturated carbocycles. The molecule has 186 valence electrons. The van der Waals surface area contributed by atoms with Crippen molar-refractivity contribution >= 4 is 5.78 Å². The summed E-state index contributed by atoms with van der Waals surface area (Å²) < 4.78 is 14.8. The van der Waals surface area contributed by atoms with Gasteiger partial charge in [0, 0.05) is 17.5 Å². The molecule has 0 saturated heterocycles. The number of benzene rings is 2. The van der Waals surface area contributed by atoms with E-state index in [9.17, 15) is 9.18 Å². The highest BCUT2D eigenvalue weighted by molar-refractivity contribution is 5.96. The van der Waals surface area contributed by atoms with Gasteiger partial charge in [-0.25, -0.2) is 4.39 Å². The third-order valence-corrected chi connectivity index (χ3v) is 7.99. The van der Waals surface area contributed by atoms with Crippen molar-refractivity contribution in [2.45, 2.75) is 104 Å². The molecule has 0 radical (unpaired) electrons. The van der Waals surface area contributed by atoms with Crippen LogP contribution in [0.5, 0.6) is 0 Å². The number of hydrogen-bond acceptors (Lipinski definition) is 1. The van der Waals surface area contributed by atoms with Gasteiger partial charge < -0.3 is 0 Å². The fraction of sp³-hybridized carbons (Fsp3) is 0.594. The maximum absolute atomic E-state index is 14.8. The molecule has 34 heavy (non-hydrogen) atoms.